The fourth-order valence-corrected chi connectivity index (χ4v) is 3.68. The maximum atomic E-state index is 12.5. The minimum atomic E-state index is -3.38. The van der Waals surface area contributed by atoms with Crippen LogP contribution < -0.4 is 0 Å². The normalized spacial score (nSPS) is 21.8. The van der Waals surface area contributed by atoms with Gasteiger partial charge in [0.05, 0.1) is 17.6 Å². The lowest BCUT2D eigenvalue weighted by molar-refractivity contribution is 0.0102. The van der Waals surface area contributed by atoms with Gasteiger partial charge in [-0.15, -0.1) is 0 Å². The Morgan fingerprint density at radius 3 is 2.42 bits per heavy atom. The molecule has 0 N–H and O–H groups in total. The van der Waals surface area contributed by atoms with E-state index in [-0.39, 0.29) is 6.10 Å². The minimum Gasteiger partial charge on any atom is -0.376 e. The number of hydrogen-bond donors (Lipinski definition) is 0. The summed E-state index contributed by atoms with van der Waals surface area (Å²) in [5.41, 5.74) is 1.15. The fraction of sp³-hybridized carbons (Fsp3) is 0.571. The maximum absolute atomic E-state index is 12.5. The van der Waals surface area contributed by atoms with Crippen LogP contribution in [0.2, 0.25) is 0 Å². The van der Waals surface area contributed by atoms with Gasteiger partial charge in [-0.3, -0.25) is 0 Å². The number of rotatable bonds is 3. The van der Waals surface area contributed by atoms with Crippen molar-refractivity contribution < 1.29 is 13.2 Å². The summed E-state index contributed by atoms with van der Waals surface area (Å²) < 4.78 is 31.9. The Labute approximate surface area is 115 Å². The molecule has 1 unspecified atom stereocenters. The first-order chi connectivity index (χ1) is 8.91. The molecule has 1 heterocycles. The Morgan fingerprint density at radius 2 is 1.89 bits per heavy atom. The van der Waals surface area contributed by atoms with Gasteiger partial charge in [0, 0.05) is 13.1 Å². The summed E-state index contributed by atoms with van der Waals surface area (Å²) in [7, 11) is -3.38. The first-order valence-electron chi connectivity index (χ1n) is 6.63. The van der Waals surface area contributed by atoms with E-state index in [0.717, 1.165) is 5.56 Å². The monoisotopic (exact) mass is 283 g/mol. The highest BCUT2D eigenvalue weighted by molar-refractivity contribution is 7.89. The van der Waals surface area contributed by atoms with Crippen molar-refractivity contribution in [3.8, 4) is 0 Å². The minimum absolute atomic E-state index is 0.0431. The SMILES string of the molecule is CC1CN(S(=O)(=O)c2ccc(C(C)C)cc2)CCO1. The number of ether oxygens (including phenoxy) is 1. The van der Waals surface area contributed by atoms with Crippen LogP contribution in [-0.4, -0.2) is 38.5 Å². The first-order valence-corrected chi connectivity index (χ1v) is 8.07. The molecule has 1 aromatic carbocycles. The largest absolute Gasteiger partial charge is 0.376 e. The Bertz CT molecular complexity index is 522. The molecule has 0 aromatic heterocycles. The van der Waals surface area contributed by atoms with Crippen LogP contribution in [0.4, 0.5) is 0 Å². The van der Waals surface area contributed by atoms with Crippen molar-refractivity contribution in [2.45, 2.75) is 37.7 Å². The summed E-state index contributed by atoms with van der Waals surface area (Å²) >= 11 is 0. The lowest BCUT2D eigenvalue weighted by atomic mass is 10.0. The molecule has 2 rings (SSSR count). The predicted molar refractivity (Wildman–Crippen MR) is 74.7 cm³/mol. The maximum Gasteiger partial charge on any atom is 0.243 e. The van der Waals surface area contributed by atoms with E-state index in [9.17, 15) is 8.42 Å². The molecule has 1 aliphatic rings. The molecule has 1 atom stereocenters. The molecule has 5 heteroatoms. The molecule has 1 aliphatic heterocycles. The highest BCUT2D eigenvalue weighted by Gasteiger charge is 2.28. The lowest BCUT2D eigenvalue weighted by Crippen LogP contribution is -2.44. The second-order valence-electron chi connectivity index (χ2n) is 5.27. The van der Waals surface area contributed by atoms with E-state index in [0.29, 0.717) is 30.5 Å². The highest BCUT2D eigenvalue weighted by atomic mass is 32.2. The average molecular weight is 283 g/mol. The van der Waals surface area contributed by atoms with E-state index in [1.54, 1.807) is 12.1 Å². The topological polar surface area (TPSA) is 46.6 Å². The van der Waals surface area contributed by atoms with Crippen LogP contribution in [0, 0.1) is 0 Å². The van der Waals surface area contributed by atoms with Crippen molar-refractivity contribution in [1.82, 2.24) is 4.31 Å². The van der Waals surface area contributed by atoms with E-state index in [1.807, 2.05) is 19.1 Å². The molecule has 0 saturated carbocycles. The van der Waals surface area contributed by atoms with Gasteiger partial charge in [0.25, 0.3) is 0 Å². The van der Waals surface area contributed by atoms with Crippen molar-refractivity contribution in [2.24, 2.45) is 0 Å². The zero-order valence-electron chi connectivity index (χ0n) is 11.7. The van der Waals surface area contributed by atoms with Crippen LogP contribution in [0.25, 0.3) is 0 Å². The lowest BCUT2D eigenvalue weighted by Gasteiger charge is -2.30. The zero-order valence-corrected chi connectivity index (χ0v) is 12.5. The van der Waals surface area contributed by atoms with Crippen LogP contribution in [-0.2, 0) is 14.8 Å². The van der Waals surface area contributed by atoms with Crippen molar-refractivity contribution in [1.29, 1.82) is 0 Å². The number of nitrogens with zero attached hydrogens (tertiary/aromatic N) is 1. The van der Waals surface area contributed by atoms with E-state index in [4.69, 9.17) is 4.74 Å². The third kappa shape index (κ3) is 3.16. The van der Waals surface area contributed by atoms with E-state index in [1.165, 1.54) is 4.31 Å². The molecular weight excluding hydrogens is 262 g/mol. The molecule has 19 heavy (non-hydrogen) atoms. The highest BCUT2D eigenvalue weighted by Crippen LogP contribution is 2.21. The van der Waals surface area contributed by atoms with Crippen molar-refractivity contribution in [3.05, 3.63) is 29.8 Å². The first kappa shape index (κ1) is 14.5. The summed E-state index contributed by atoms with van der Waals surface area (Å²) in [4.78, 5) is 0.367. The molecule has 1 saturated heterocycles. The standard InChI is InChI=1S/C14H21NO3S/c1-11(2)13-4-6-14(7-5-13)19(16,17)15-8-9-18-12(3)10-15/h4-7,11-12H,8-10H2,1-3H3. The van der Waals surface area contributed by atoms with E-state index in [2.05, 4.69) is 13.8 Å². The molecular formula is C14H21NO3S. The van der Waals surface area contributed by atoms with Crippen LogP contribution in [0.3, 0.4) is 0 Å². The molecule has 1 fully saturated rings. The number of hydrogen-bond acceptors (Lipinski definition) is 3. The van der Waals surface area contributed by atoms with Crippen molar-refractivity contribution >= 4 is 10.0 Å². The van der Waals surface area contributed by atoms with Gasteiger partial charge in [-0.2, -0.15) is 4.31 Å². The Kier molecular flexibility index (Phi) is 4.28. The summed E-state index contributed by atoms with van der Waals surface area (Å²) in [6.07, 6.45) is -0.0431. The predicted octanol–water partition coefficient (Wildman–Crippen LogP) is 2.22. The van der Waals surface area contributed by atoms with Gasteiger partial charge in [0.1, 0.15) is 0 Å². The Balaban J connectivity index is 2.23. The van der Waals surface area contributed by atoms with Crippen LogP contribution in [0.15, 0.2) is 29.2 Å². The average Bonchev–Trinajstić information content (AvgIpc) is 2.39. The van der Waals surface area contributed by atoms with Gasteiger partial charge in [0.15, 0.2) is 0 Å². The van der Waals surface area contributed by atoms with Crippen molar-refractivity contribution in [2.75, 3.05) is 19.7 Å². The molecule has 106 valence electrons. The van der Waals surface area contributed by atoms with Gasteiger partial charge in [0.2, 0.25) is 10.0 Å². The summed E-state index contributed by atoms with van der Waals surface area (Å²) in [5.74, 6) is 0.403. The molecule has 0 bridgehead atoms. The second-order valence-corrected chi connectivity index (χ2v) is 7.21. The molecule has 0 amide bonds. The van der Waals surface area contributed by atoms with Crippen LogP contribution in [0.5, 0.6) is 0 Å². The third-order valence-electron chi connectivity index (χ3n) is 3.39. The Morgan fingerprint density at radius 1 is 1.26 bits per heavy atom. The van der Waals surface area contributed by atoms with Crippen LogP contribution >= 0.6 is 0 Å². The van der Waals surface area contributed by atoms with Gasteiger partial charge in [-0.25, -0.2) is 8.42 Å². The molecule has 0 radical (unpaired) electrons. The Hall–Kier alpha value is -0.910. The number of sulfonamides is 1. The summed E-state index contributed by atoms with van der Waals surface area (Å²) in [6.45, 7) is 7.39. The second kappa shape index (κ2) is 5.61. The van der Waals surface area contributed by atoms with Crippen LogP contribution in [0.1, 0.15) is 32.3 Å². The van der Waals surface area contributed by atoms with Crippen molar-refractivity contribution in [3.63, 3.8) is 0 Å². The van der Waals surface area contributed by atoms with E-state index < -0.39 is 10.0 Å². The van der Waals surface area contributed by atoms with Gasteiger partial charge in [-0.1, -0.05) is 26.0 Å². The molecule has 0 spiro atoms. The fourth-order valence-electron chi connectivity index (χ4n) is 2.18. The number of benzene rings is 1. The molecule has 1 aromatic rings. The molecule has 0 aliphatic carbocycles. The third-order valence-corrected chi connectivity index (χ3v) is 5.27. The summed E-state index contributed by atoms with van der Waals surface area (Å²) in [6, 6.07) is 7.18. The smallest absolute Gasteiger partial charge is 0.243 e. The van der Waals surface area contributed by atoms with Gasteiger partial charge < -0.3 is 4.74 Å². The van der Waals surface area contributed by atoms with E-state index >= 15 is 0 Å². The number of morpholine rings is 1. The quantitative estimate of drug-likeness (QED) is 0.854. The molecule has 4 nitrogen and oxygen atoms in total. The van der Waals surface area contributed by atoms with Gasteiger partial charge >= 0.3 is 0 Å². The summed E-state index contributed by atoms with van der Waals surface area (Å²) in [5, 5.41) is 0. The zero-order chi connectivity index (χ0) is 14.0. The van der Waals surface area contributed by atoms with Gasteiger partial charge in [-0.05, 0) is 30.5 Å².